The lowest BCUT2D eigenvalue weighted by Gasteiger charge is -2.33. The summed E-state index contributed by atoms with van der Waals surface area (Å²) in [5.41, 5.74) is 1.86. The van der Waals surface area contributed by atoms with E-state index in [1.165, 1.54) is 17.0 Å². The summed E-state index contributed by atoms with van der Waals surface area (Å²) in [5.74, 6) is -2.08. The highest BCUT2D eigenvalue weighted by Gasteiger charge is 2.32. The molecule has 3 rings (SSSR count). The Hall–Kier alpha value is -3.48. The predicted molar refractivity (Wildman–Crippen MR) is 111 cm³/mol. The highest BCUT2D eigenvalue weighted by molar-refractivity contribution is 6.07. The van der Waals surface area contributed by atoms with Crippen LogP contribution >= 0.6 is 0 Å². The second-order valence-electron chi connectivity index (χ2n) is 7.26. The van der Waals surface area contributed by atoms with Crippen molar-refractivity contribution >= 4 is 29.5 Å². The van der Waals surface area contributed by atoms with Crippen LogP contribution in [0.2, 0.25) is 0 Å². The highest BCUT2D eigenvalue weighted by Crippen LogP contribution is 2.22. The van der Waals surface area contributed by atoms with Gasteiger partial charge in [0.05, 0.1) is 0 Å². The molecule has 0 saturated carbocycles. The van der Waals surface area contributed by atoms with Crippen LogP contribution in [0, 0.1) is 5.82 Å². The smallest absolute Gasteiger partial charge is 0.326 e. The third kappa shape index (κ3) is 5.11. The normalized spacial score (nSPS) is 16.8. The van der Waals surface area contributed by atoms with E-state index in [1.807, 2.05) is 0 Å². The zero-order valence-electron chi connectivity index (χ0n) is 16.6. The maximum Gasteiger partial charge on any atom is 0.326 e. The SMILES string of the molecule is C/C(=C/c1ccc(F)cc1)C(=O)Nc1cccc(C(=O)N2CCCCC2C(=O)O)c1. The molecule has 0 radical (unpaired) electrons. The number of carboxylic acids is 1. The monoisotopic (exact) mass is 410 g/mol. The Bertz CT molecular complexity index is 985. The van der Waals surface area contributed by atoms with Crippen molar-refractivity contribution in [2.24, 2.45) is 0 Å². The second kappa shape index (κ2) is 9.35. The summed E-state index contributed by atoms with van der Waals surface area (Å²) >= 11 is 0. The van der Waals surface area contributed by atoms with Gasteiger partial charge in [-0.25, -0.2) is 9.18 Å². The van der Waals surface area contributed by atoms with Crippen molar-refractivity contribution in [3.05, 3.63) is 71.0 Å². The van der Waals surface area contributed by atoms with E-state index < -0.39 is 12.0 Å². The number of hydrogen-bond acceptors (Lipinski definition) is 3. The lowest BCUT2D eigenvalue weighted by atomic mass is 10.0. The predicted octanol–water partition coefficient (Wildman–Crippen LogP) is 3.95. The standard InChI is InChI=1S/C23H23FN2O4/c1-15(13-16-8-10-18(24)11-9-16)21(27)25-19-6-4-5-17(14-19)22(28)26-12-3-2-7-20(26)23(29)30/h4-6,8-11,13-14,20H,2-3,7,12H2,1H3,(H,25,27)(H,29,30)/b15-13-. The molecule has 1 saturated heterocycles. The summed E-state index contributed by atoms with van der Waals surface area (Å²) in [6.07, 6.45) is 3.61. The molecule has 156 valence electrons. The molecule has 2 amide bonds. The fourth-order valence-electron chi connectivity index (χ4n) is 3.43. The van der Waals surface area contributed by atoms with Crippen LogP contribution in [0.25, 0.3) is 6.08 Å². The molecule has 2 aromatic rings. The van der Waals surface area contributed by atoms with Crippen molar-refractivity contribution in [2.75, 3.05) is 11.9 Å². The van der Waals surface area contributed by atoms with Crippen molar-refractivity contribution in [2.45, 2.75) is 32.2 Å². The fraction of sp³-hybridized carbons (Fsp3) is 0.261. The Balaban J connectivity index is 1.73. The number of carbonyl (C=O) groups excluding carboxylic acids is 2. The highest BCUT2D eigenvalue weighted by atomic mass is 19.1. The lowest BCUT2D eigenvalue weighted by molar-refractivity contribution is -0.143. The molecule has 0 aromatic heterocycles. The van der Waals surface area contributed by atoms with Crippen LogP contribution in [0.4, 0.5) is 10.1 Å². The van der Waals surface area contributed by atoms with Crippen molar-refractivity contribution in [1.29, 1.82) is 0 Å². The quantitative estimate of drug-likeness (QED) is 0.731. The lowest BCUT2D eigenvalue weighted by Crippen LogP contribution is -2.48. The molecule has 0 bridgehead atoms. The van der Waals surface area contributed by atoms with E-state index in [-0.39, 0.29) is 17.6 Å². The second-order valence-corrected chi connectivity index (χ2v) is 7.26. The van der Waals surface area contributed by atoms with Gasteiger partial charge in [-0.15, -0.1) is 0 Å². The minimum Gasteiger partial charge on any atom is -0.480 e. The van der Waals surface area contributed by atoms with Gasteiger partial charge in [0.15, 0.2) is 0 Å². The van der Waals surface area contributed by atoms with Gasteiger partial charge in [-0.05, 0) is 68.2 Å². The number of halogens is 1. The molecule has 1 aliphatic rings. The van der Waals surface area contributed by atoms with E-state index in [1.54, 1.807) is 49.4 Å². The molecule has 2 N–H and O–H groups in total. The third-order valence-electron chi connectivity index (χ3n) is 5.03. The average Bonchev–Trinajstić information content (AvgIpc) is 2.75. The zero-order valence-corrected chi connectivity index (χ0v) is 16.6. The zero-order chi connectivity index (χ0) is 21.7. The summed E-state index contributed by atoms with van der Waals surface area (Å²) in [6.45, 7) is 2.03. The summed E-state index contributed by atoms with van der Waals surface area (Å²) in [5, 5.41) is 12.1. The van der Waals surface area contributed by atoms with E-state index in [2.05, 4.69) is 5.32 Å². The van der Waals surface area contributed by atoms with Crippen LogP contribution in [0.15, 0.2) is 54.1 Å². The van der Waals surface area contributed by atoms with Crippen LogP contribution in [-0.4, -0.2) is 40.4 Å². The molecule has 2 aromatic carbocycles. The number of amides is 2. The Morgan fingerprint density at radius 1 is 1.13 bits per heavy atom. The van der Waals surface area contributed by atoms with E-state index in [9.17, 15) is 23.9 Å². The van der Waals surface area contributed by atoms with Gasteiger partial charge in [-0.3, -0.25) is 9.59 Å². The first-order valence-electron chi connectivity index (χ1n) is 9.74. The molecular weight excluding hydrogens is 387 g/mol. The van der Waals surface area contributed by atoms with Crippen molar-refractivity contribution < 1.29 is 23.9 Å². The molecular formula is C23H23FN2O4. The molecule has 7 heteroatoms. The first-order chi connectivity index (χ1) is 14.3. The number of aliphatic carboxylic acids is 1. The average molecular weight is 410 g/mol. The molecule has 1 heterocycles. The van der Waals surface area contributed by atoms with Crippen LogP contribution < -0.4 is 5.32 Å². The van der Waals surface area contributed by atoms with Gasteiger partial charge in [-0.1, -0.05) is 18.2 Å². The van der Waals surface area contributed by atoms with Gasteiger partial charge < -0.3 is 15.3 Å². The fourth-order valence-corrected chi connectivity index (χ4v) is 3.43. The molecule has 6 nitrogen and oxygen atoms in total. The summed E-state index contributed by atoms with van der Waals surface area (Å²) in [4.78, 5) is 38.2. The van der Waals surface area contributed by atoms with Crippen LogP contribution in [0.3, 0.4) is 0 Å². The van der Waals surface area contributed by atoms with Gasteiger partial charge in [0.1, 0.15) is 11.9 Å². The van der Waals surface area contributed by atoms with Crippen molar-refractivity contribution in [3.63, 3.8) is 0 Å². The van der Waals surface area contributed by atoms with Crippen LogP contribution in [0.1, 0.15) is 42.1 Å². The number of carbonyl (C=O) groups is 3. The number of anilines is 1. The number of rotatable bonds is 5. The summed E-state index contributed by atoms with van der Waals surface area (Å²) < 4.78 is 13.0. The van der Waals surface area contributed by atoms with E-state index in [0.29, 0.717) is 35.4 Å². The first-order valence-corrected chi connectivity index (χ1v) is 9.74. The van der Waals surface area contributed by atoms with Crippen LogP contribution in [0.5, 0.6) is 0 Å². The van der Waals surface area contributed by atoms with Crippen LogP contribution in [-0.2, 0) is 9.59 Å². The molecule has 30 heavy (non-hydrogen) atoms. The van der Waals surface area contributed by atoms with Gasteiger partial charge in [-0.2, -0.15) is 0 Å². The number of piperidine rings is 1. The van der Waals surface area contributed by atoms with Crippen molar-refractivity contribution in [3.8, 4) is 0 Å². The van der Waals surface area contributed by atoms with E-state index in [4.69, 9.17) is 0 Å². The minimum atomic E-state index is -1.01. The summed E-state index contributed by atoms with van der Waals surface area (Å²) in [7, 11) is 0. The number of hydrogen-bond donors (Lipinski definition) is 2. The number of likely N-dealkylation sites (tertiary alicyclic amines) is 1. The number of nitrogens with zero attached hydrogens (tertiary/aromatic N) is 1. The van der Waals surface area contributed by atoms with Crippen molar-refractivity contribution in [1.82, 2.24) is 4.90 Å². The molecule has 1 fully saturated rings. The first kappa shape index (κ1) is 21.2. The summed E-state index contributed by atoms with van der Waals surface area (Å²) in [6, 6.07) is 11.4. The van der Waals surface area contributed by atoms with Gasteiger partial charge in [0.2, 0.25) is 0 Å². The molecule has 1 aliphatic heterocycles. The largest absolute Gasteiger partial charge is 0.480 e. The maximum absolute atomic E-state index is 13.0. The number of carboxylic acid groups (broad SMARTS) is 1. The molecule has 1 atom stereocenters. The van der Waals surface area contributed by atoms with E-state index >= 15 is 0 Å². The Morgan fingerprint density at radius 3 is 2.57 bits per heavy atom. The third-order valence-corrected chi connectivity index (χ3v) is 5.03. The van der Waals surface area contributed by atoms with Gasteiger partial charge >= 0.3 is 5.97 Å². The van der Waals surface area contributed by atoms with Gasteiger partial charge in [0.25, 0.3) is 11.8 Å². The Labute approximate surface area is 174 Å². The topological polar surface area (TPSA) is 86.7 Å². The Kier molecular flexibility index (Phi) is 6.61. The number of nitrogens with one attached hydrogen (secondary N) is 1. The molecule has 0 spiro atoms. The number of benzene rings is 2. The minimum absolute atomic E-state index is 0.320. The molecule has 1 unspecified atom stereocenters. The molecule has 0 aliphatic carbocycles. The maximum atomic E-state index is 13.0. The van der Waals surface area contributed by atoms with E-state index in [0.717, 1.165) is 12.8 Å². The van der Waals surface area contributed by atoms with Gasteiger partial charge in [0, 0.05) is 23.4 Å². The Morgan fingerprint density at radius 2 is 1.87 bits per heavy atom.